The van der Waals surface area contributed by atoms with Crippen molar-refractivity contribution in [3.05, 3.63) is 87.4 Å². The van der Waals surface area contributed by atoms with E-state index in [1.165, 1.54) is 25.6 Å². The van der Waals surface area contributed by atoms with Crippen LogP contribution >= 0.6 is 11.3 Å². The predicted molar refractivity (Wildman–Crippen MR) is 132 cm³/mol. The van der Waals surface area contributed by atoms with Crippen LogP contribution in [0.15, 0.2) is 71.2 Å². The fourth-order valence-electron chi connectivity index (χ4n) is 4.93. The number of thiazole rings is 1. The second-order valence-electron chi connectivity index (χ2n) is 8.51. The number of hydrogen-bond acceptors (Lipinski definition) is 7. The number of hydrogen-bond donors (Lipinski definition) is 1. The molecule has 1 aliphatic heterocycles. The molecule has 2 heterocycles. The molecular formula is C27H28N2O4S. The molecule has 3 aromatic rings. The Bertz CT molecular complexity index is 1250. The Morgan fingerprint density at radius 3 is 2.41 bits per heavy atom. The molecule has 0 amide bonds. The summed E-state index contributed by atoms with van der Waals surface area (Å²) in [5.74, 6) is -1.60. The minimum absolute atomic E-state index is 0.393. The quantitative estimate of drug-likeness (QED) is 0.536. The second-order valence-corrected chi connectivity index (χ2v) is 9.37. The zero-order valence-corrected chi connectivity index (χ0v) is 20.7. The number of methoxy groups -OCH3 is 2. The lowest BCUT2D eigenvalue weighted by atomic mass is 9.62. The molecule has 0 aliphatic carbocycles. The van der Waals surface area contributed by atoms with Gasteiger partial charge in [-0.1, -0.05) is 54.1 Å². The number of aryl methyl sites for hydroxylation is 1. The van der Waals surface area contributed by atoms with Crippen LogP contribution in [0.1, 0.15) is 35.9 Å². The second kappa shape index (κ2) is 9.43. The first-order chi connectivity index (χ1) is 16.3. The number of rotatable bonds is 5. The van der Waals surface area contributed by atoms with Gasteiger partial charge in [-0.15, -0.1) is 11.3 Å². The third-order valence-corrected chi connectivity index (χ3v) is 7.49. The average Bonchev–Trinajstić information content (AvgIpc) is 3.34. The number of carbonyl (C=O) groups excluding carboxylic acids is 2. The summed E-state index contributed by atoms with van der Waals surface area (Å²) in [6.45, 7) is 5.79. The van der Waals surface area contributed by atoms with Crippen molar-refractivity contribution >= 4 is 23.3 Å². The third kappa shape index (κ3) is 3.80. The van der Waals surface area contributed by atoms with Crippen LogP contribution in [0.4, 0.5) is 0 Å². The number of aromatic nitrogens is 1. The molecule has 34 heavy (non-hydrogen) atoms. The molecule has 0 saturated heterocycles. The number of allylic oxidation sites excluding steroid dienone is 1. The Hall–Kier alpha value is -3.45. The van der Waals surface area contributed by atoms with Crippen molar-refractivity contribution in [3.8, 4) is 11.3 Å². The van der Waals surface area contributed by atoms with E-state index in [1.807, 2.05) is 74.7 Å². The highest BCUT2D eigenvalue weighted by Crippen LogP contribution is 2.51. The summed E-state index contributed by atoms with van der Waals surface area (Å²) >= 11 is 1.40. The minimum atomic E-state index is -1.29. The molecule has 2 aromatic carbocycles. The molecule has 0 radical (unpaired) electrons. The molecule has 1 N–H and O–H groups in total. The van der Waals surface area contributed by atoms with E-state index in [0.717, 1.165) is 22.4 Å². The summed E-state index contributed by atoms with van der Waals surface area (Å²) in [4.78, 5) is 31.8. The minimum Gasteiger partial charge on any atom is -0.468 e. The normalized spacial score (nSPS) is 22.1. The summed E-state index contributed by atoms with van der Waals surface area (Å²) in [6.07, 6.45) is 0. The summed E-state index contributed by atoms with van der Waals surface area (Å²) in [5.41, 5.74) is 3.45. The number of nitrogens with one attached hydrogen (secondary N) is 1. The number of carbonyl (C=O) groups is 2. The molecule has 6 nitrogen and oxygen atoms in total. The largest absolute Gasteiger partial charge is 0.468 e. The van der Waals surface area contributed by atoms with Crippen molar-refractivity contribution in [2.75, 3.05) is 14.2 Å². The van der Waals surface area contributed by atoms with E-state index in [9.17, 15) is 9.59 Å². The van der Waals surface area contributed by atoms with Crippen molar-refractivity contribution < 1.29 is 19.1 Å². The van der Waals surface area contributed by atoms with Gasteiger partial charge >= 0.3 is 11.9 Å². The summed E-state index contributed by atoms with van der Waals surface area (Å²) < 4.78 is 10.6. The molecule has 7 heteroatoms. The van der Waals surface area contributed by atoms with Gasteiger partial charge in [0.1, 0.15) is 5.01 Å². The van der Waals surface area contributed by atoms with Crippen molar-refractivity contribution in [2.45, 2.75) is 38.1 Å². The Morgan fingerprint density at radius 1 is 1.03 bits per heavy atom. The van der Waals surface area contributed by atoms with Crippen molar-refractivity contribution in [1.82, 2.24) is 10.3 Å². The Morgan fingerprint density at radius 2 is 1.76 bits per heavy atom. The molecule has 0 spiro atoms. The van der Waals surface area contributed by atoms with Crippen LogP contribution in [0.3, 0.4) is 0 Å². The van der Waals surface area contributed by atoms with Crippen LogP contribution in [-0.2, 0) is 24.5 Å². The monoisotopic (exact) mass is 476 g/mol. The lowest BCUT2D eigenvalue weighted by molar-refractivity contribution is -0.150. The zero-order chi connectivity index (χ0) is 24.5. The topological polar surface area (TPSA) is 77.5 Å². The maximum absolute atomic E-state index is 13.8. The van der Waals surface area contributed by atoms with E-state index in [2.05, 4.69) is 11.4 Å². The van der Waals surface area contributed by atoms with Gasteiger partial charge in [0.05, 0.1) is 25.5 Å². The molecule has 0 fully saturated rings. The van der Waals surface area contributed by atoms with E-state index in [4.69, 9.17) is 14.5 Å². The van der Waals surface area contributed by atoms with E-state index in [0.29, 0.717) is 16.3 Å². The first-order valence-corrected chi connectivity index (χ1v) is 11.9. The summed E-state index contributed by atoms with van der Waals surface area (Å²) in [7, 11) is 2.72. The highest BCUT2D eigenvalue weighted by Gasteiger charge is 2.60. The van der Waals surface area contributed by atoms with Crippen LogP contribution in [0, 0.1) is 6.92 Å². The molecular weight excluding hydrogens is 448 g/mol. The van der Waals surface area contributed by atoms with Crippen LogP contribution in [0.25, 0.3) is 11.3 Å². The van der Waals surface area contributed by atoms with Gasteiger partial charge in [-0.3, -0.25) is 4.79 Å². The highest BCUT2D eigenvalue weighted by molar-refractivity contribution is 7.10. The standard InChI is InChI=1S/C27H28N2O4S/c1-16-10-9-13-20(14-16)21-15-34-25(29-21)27(26(31)33-5)18(3)28-17(2)22(24(30)32-4)23(27)19-11-7-6-8-12-19/h6-15,18,23,28H,1-5H3. The highest BCUT2D eigenvalue weighted by atomic mass is 32.1. The van der Waals surface area contributed by atoms with Crippen molar-refractivity contribution in [1.29, 1.82) is 0 Å². The number of ether oxygens (including phenoxy) is 2. The van der Waals surface area contributed by atoms with Crippen LogP contribution in [-0.4, -0.2) is 37.2 Å². The van der Waals surface area contributed by atoms with E-state index in [1.54, 1.807) is 0 Å². The fraction of sp³-hybridized carbons (Fsp3) is 0.296. The van der Waals surface area contributed by atoms with Gasteiger partial charge in [0.15, 0.2) is 5.41 Å². The van der Waals surface area contributed by atoms with E-state index in [-0.39, 0.29) is 0 Å². The molecule has 0 saturated carbocycles. The lowest BCUT2D eigenvalue weighted by Gasteiger charge is -2.46. The smallest absolute Gasteiger partial charge is 0.336 e. The van der Waals surface area contributed by atoms with Gasteiger partial charge in [0, 0.05) is 28.6 Å². The number of benzene rings is 2. The number of nitrogens with zero attached hydrogens (tertiary/aromatic N) is 1. The molecule has 3 unspecified atom stereocenters. The SMILES string of the molecule is COC(=O)C1=C(C)NC(C)C(C(=O)OC)(c2nc(-c3cccc(C)c3)cs2)C1c1ccccc1. The van der Waals surface area contributed by atoms with Gasteiger partial charge in [-0.25, -0.2) is 9.78 Å². The first kappa shape index (κ1) is 23.7. The molecule has 3 atom stereocenters. The van der Waals surface area contributed by atoms with Gasteiger partial charge < -0.3 is 14.8 Å². The van der Waals surface area contributed by atoms with Crippen LogP contribution in [0.2, 0.25) is 0 Å². The van der Waals surface area contributed by atoms with Gasteiger partial charge in [0.25, 0.3) is 0 Å². The Labute approximate surface area is 203 Å². The van der Waals surface area contributed by atoms with Crippen molar-refractivity contribution in [2.24, 2.45) is 0 Å². The first-order valence-electron chi connectivity index (χ1n) is 11.1. The van der Waals surface area contributed by atoms with E-state index < -0.39 is 29.3 Å². The molecule has 1 aliphatic rings. The fourth-order valence-corrected chi connectivity index (χ4v) is 6.06. The lowest BCUT2D eigenvalue weighted by Crippen LogP contribution is -2.60. The molecule has 0 bridgehead atoms. The van der Waals surface area contributed by atoms with Gasteiger partial charge in [0.2, 0.25) is 0 Å². The van der Waals surface area contributed by atoms with E-state index >= 15 is 0 Å². The maximum atomic E-state index is 13.8. The predicted octanol–water partition coefficient (Wildman–Crippen LogP) is 4.75. The molecule has 4 rings (SSSR count). The molecule has 1 aromatic heterocycles. The zero-order valence-electron chi connectivity index (χ0n) is 19.9. The molecule has 176 valence electrons. The number of esters is 2. The van der Waals surface area contributed by atoms with Crippen LogP contribution < -0.4 is 5.32 Å². The Balaban J connectivity index is 2.01. The Kier molecular flexibility index (Phi) is 6.57. The third-order valence-electron chi connectivity index (χ3n) is 6.50. The maximum Gasteiger partial charge on any atom is 0.336 e. The summed E-state index contributed by atoms with van der Waals surface area (Å²) in [6, 6.07) is 17.2. The van der Waals surface area contributed by atoms with Crippen molar-refractivity contribution in [3.63, 3.8) is 0 Å². The van der Waals surface area contributed by atoms with Gasteiger partial charge in [-0.2, -0.15) is 0 Å². The van der Waals surface area contributed by atoms with Gasteiger partial charge in [-0.05, 0) is 32.4 Å². The summed E-state index contributed by atoms with van der Waals surface area (Å²) in [5, 5.41) is 5.88. The average molecular weight is 477 g/mol. The van der Waals surface area contributed by atoms with Crippen LogP contribution in [0.5, 0.6) is 0 Å².